The van der Waals surface area contributed by atoms with Crippen molar-refractivity contribution >= 4 is 11.7 Å². The van der Waals surface area contributed by atoms with Crippen LogP contribution in [0.4, 0.5) is 0 Å². The van der Waals surface area contributed by atoms with Gasteiger partial charge in [0.15, 0.2) is 5.78 Å². The van der Waals surface area contributed by atoms with Crippen LogP contribution in [0, 0.1) is 6.92 Å². The molecule has 1 atom stereocenters. The number of nitrogens with one attached hydrogen (secondary N) is 1. The van der Waals surface area contributed by atoms with E-state index < -0.39 is 6.04 Å². The lowest BCUT2D eigenvalue weighted by atomic mass is 10.1. The van der Waals surface area contributed by atoms with Gasteiger partial charge in [-0.25, -0.2) is 0 Å². The summed E-state index contributed by atoms with van der Waals surface area (Å²) in [6, 6.07) is 3.99. The van der Waals surface area contributed by atoms with Crippen LogP contribution >= 0.6 is 0 Å². The third-order valence-electron chi connectivity index (χ3n) is 2.41. The van der Waals surface area contributed by atoms with E-state index in [0.717, 1.165) is 0 Å². The van der Waals surface area contributed by atoms with Gasteiger partial charge in [0.05, 0.1) is 6.04 Å². The van der Waals surface area contributed by atoms with Crippen LogP contribution in [-0.2, 0) is 4.79 Å². The Morgan fingerprint density at radius 1 is 1.38 bits per heavy atom. The average Bonchev–Trinajstić information content (AvgIpc) is 2.16. The molecule has 0 radical (unpaired) electrons. The number of phenolic OH excluding ortho intramolecular Hbond substituents is 1. The Bertz CT molecular complexity index is 426. The summed E-state index contributed by atoms with van der Waals surface area (Å²) in [4.78, 5) is 22.7. The molecule has 0 saturated heterocycles. The van der Waals surface area contributed by atoms with Crippen molar-refractivity contribution in [2.75, 3.05) is 0 Å². The molecule has 0 aromatic heterocycles. The van der Waals surface area contributed by atoms with E-state index in [4.69, 9.17) is 0 Å². The minimum Gasteiger partial charge on any atom is -0.508 e. The summed E-state index contributed by atoms with van der Waals surface area (Å²) < 4.78 is 0. The van der Waals surface area contributed by atoms with E-state index in [1.165, 1.54) is 25.1 Å². The summed E-state index contributed by atoms with van der Waals surface area (Å²) in [6.45, 7) is 4.79. The van der Waals surface area contributed by atoms with Crippen LogP contribution in [0.1, 0.15) is 29.8 Å². The number of hydrogen-bond acceptors (Lipinski definition) is 3. The van der Waals surface area contributed by atoms with Crippen LogP contribution in [0.5, 0.6) is 5.75 Å². The minimum atomic E-state index is -0.499. The molecule has 0 aliphatic carbocycles. The Labute approximate surface area is 94.3 Å². The van der Waals surface area contributed by atoms with E-state index in [-0.39, 0.29) is 17.4 Å². The first-order valence-electron chi connectivity index (χ1n) is 5.02. The van der Waals surface area contributed by atoms with Gasteiger partial charge in [-0.2, -0.15) is 0 Å². The molecule has 0 spiro atoms. The molecule has 86 valence electrons. The van der Waals surface area contributed by atoms with E-state index in [9.17, 15) is 14.7 Å². The highest BCUT2D eigenvalue weighted by molar-refractivity contribution is 5.98. The maximum Gasteiger partial charge on any atom is 0.252 e. The second kappa shape index (κ2) is 4.79. The number of benzene rings is 1. The van der Waals surface area contributed by atoms with Crippen molar-refractivity contribution in [2.24, 2.45) is 0 Å². The standard InChI is InChI=1S/C12H15NO3/c1-7-6-10(15)4-5-11(7)12(16)13-8(2)9(3)14/h4-6,8,15H,1-3H3,(H,13,16). The molecule has 4 heteroatoms. The number of aromatic hydroxyl groups is 1. The summed E-state index contributed by atoms with van der Waals surface area (Å²) in [5.74, 6) is -0.279. The number of carbonyl (C=O) groups is 2. The van der Waals surface area contributed by atoms with Gasteiger partial charge in [-0.3, -0.25) is 9.59 Å². The summed E-state index contributed by atoms with van der Waals surface area (Å²) in [5, 5.41) is 11.8. The normalized spacial score (nSPS) is 11.9. The summed E-state index contributed by atoms with van der Waals surface area (Å²) in [7, 11) is 0. The maximum absolute atomic E-state index is 11.7. The molecule has 1 aromatic carbocycles. The number of phenols is 1. The maximum atomic E-state index is 11.7. The number of hydrogen-bond donors (Lipinski definition) is 2. The van der Waals surface area contributed by atoms with Crippen LogP contribution < -0.4 is 5.32 Å². The number of amides is 1. The van der Waals surface area contributed by atoms with Gasteiger partial charge in [-0.15, -0.1) is 0 Å². The molecule has 1 unspecified atom stereocenters. The predicted octanol–water partition coefficient (Wildman–Crippen LogP) is 1.41. The van der Waals surface area contributed by atoms with E-state index in [1.807, 2.05) is 0 Å². The van der Waals surface area contributed by atoms with Gasteiger partial charge >= 0.3 is 0 Å². The van der Waals surface area contributed by atoms with Crippen LogP contribution in [0.2, 0.25) is 0 Å². The molecule has 4 nitrogen and oxygen atoms in total. The molecule has 0 bridgehead atoms. The zero-order chi connectivity index (χ0) is 12.3. The third kappa shape index (κ3) is 2.82. The Balaban J connectivity index is 2.85. The van der Waals surface area contributed by atoms with E-state index in [1.54, 1.807) is 13.8 Å². The Kier molecular flexibility index (Phi) is 3.66. The molecular weight excluding hydrogens is 206 g/mol. The monoisotopic (exact) mass is 221 g/mol. The van der Waals surface area contributed by atoms with Crippen LogP contribution in [0.3, 0.4) is 0 Å². The van der Waals surface area contributed by atoms with E-state index >= 15 is 0 Å². The average molecular weight is 221 g/mol. The number of Topliss-reactive ketones (excluding diaryl/α,β-unsaturated/α-hetero) is 1. The lowest BCUT2D eigenvalue weighted by molar-refractivity contribution is -0.118. The van der Waals surface area contributed by atoms with E-state index in [2.05, 4.69) is 5.32 Å². The van der Waals surface area contributed by atoms with Crippen molar-refractivity contribution in [2.45, 2.75) is 26.8 Å². The molecule has 1 amide bonds. The third-order valence-corrected chi connectivity index (χ3v) is 2.41. The predicted molar refractivity (Wildman–Crippen MR) is 60.5 cm³/mol. The highest BCUT2D eigenvalue weighted by Gasteiger charge is 2.14. The first-order chi connectivity index (χ1) is 7.41. The Morgan fingerprint density at radius 2 is 2.00 bits per heavy atom. The molecule has 16 heavy (non-hydrogen) atoms. The zero-order valence-corrected chi connectivity index (χ0v) is 9.57. The second-order valence-electron chi connectivity index (χ2n) is 3.81. The Morgan fingerprint density at radius 3 is 2.50 bits per heavy atom. The highest BCUT2D eigenvalue weighted by Crippen LogP contribution is 2.15. The summed E-state index contributed by atoms with van der Waals surface area (Å²) in [5.41, 5.74) is 1.14. The van der Waals surface area contributed by atoms with Crippen molar-refractivity contribution in [1.82, 2.24) is 5.32 Å². The Hall–Kier alpha value is -1.84. The highest BCUT2D eigenvalue weighted by atomic mass is 16.3. The van der Waals surface area contributed by atoms with Gasteiger partial charge in [-0.05, 0) is 44.5 Å². The fourth-order valence-corrected chi connectivity index (χ4v) is 1.28. The second-order valence-corrected chi connectivity index (χ2v) is 3.81. The molecule has 1 rings (SSSR count). The number of rotatable bonds is 3. The topological polar surface area (TPSA) is 66.4 Å². The number of carbonyl (C=O) groups excluding carboxylic acids is 2. The molecule has 0 aliphatic heterocycles. The van der Waals surface area contributed by atoms with Gasteiger partial charge in [0.1, 0.15) is 5.75 Å². The van der Waals surface area contributed by atoms with Gasteiger partial charge in [0, 0.05) is 5.56 Å². The molecule has 0 fully saturated rings. The smallest absolute Gasteiger partial charge is 0.252 e. The molecule has 0 heterocycles. The SMILES string of the molecule is CC(=O)C(C)NC(=O)c1ccc(O)cc1C. The molecular formula is C12H15NO3. The lowest BCUT2D eigenvalue weighted by Gasteiger charge is -2.12. The van der Waals surface area contributed by atoms with Crippen molar-refractivity contribution in [3.05, 3.63) is 29.3 Å². The fourth-order valence-electron chi connectivity index (χ4n) is 1.28. The molecule has 2 N–H and O–H groups in total. The fraction of sp³-hybridized carbons (Fsp3) is 0.333. The molecule has 0 aliphatic rings. The van der Waals surface area contributed by atoms with Crippen molar-refractivity contribution in [3.63, 3.8) is 0 Å². The zero-order valence-electron chi connectivity index (χ0n) is 9.57. The van der Waals surface area contributed by atoms with Gasteiger partial charge in [0.2, 0.25) is 0 Å². The van der Waals surface area contributed by atoms with Crippen LogP contribution in [0.15, 0.2) is 18.2 Å². The van der Waals surface area contributed by atoms with Crippen LogP contribution in [-0.4, -0.2) is 22.8 Å². The summed E-state index contributed by atoms with van der Waals surface area (Å²) in [6.07, 6.45) is 0. The largest absolute Gasteiger partial charge is 0.508 e. The first-order valence-corrected chi connectivity index (χ1v) is 5.02. The number of ketones is 1. The van der Waals surface area contributed by atoms with Gasteiger partial charge in [0.25, 0.3) is 5.91 Å². The van der Waals surface area contributed by atoms with Gasteiger partial charge < -0.3 is 10.4 Å². The van der Waals surface area contributed by atoms with Crippen molar-refractivity contribution in [1.29, 1.82) is 0 Å². The van der Waals surface area contributed by atoms with Crippen LogP contribution in [0.25, 0.3) is 0 Å². The summed E-state index contributed by atoms with van der Waals surface area (Å²) >= 11 is 0. The number of aryl methyl sites for hydroxylation is 1. The molecule has 1 aromatic rings. The van der Waals surface area contributed by atoms with E-state index in [0.29, 0.717) is 11.1 Å². The molecule has 0 saturated carbocycles. The van der Waals surface area contributed by atoms with Crippen molar-refractivity contribution < 1.29 is 14.7 Å². The first kappa shape index (κ1) is 12.2. The van der Waals surface area contributed by atoms with Gasteiger partial charge in [-0.1, -0.05) is 0 Å². The quantitative estimate of drug-likeness (QED) is 0.811. The van der Waals surface area contributed by atoms with Crippen molar-refractivity contribution in [3.8, 4) is 5.75 Å². The minimum absolute atomic E-state index is 0.0928. The lowest BCUT2D eigenvalue weighted by Crippen LogP contribution is -2.37.